The van der Waals surface area contributed by atoms with E-state index in [1.165, 1.54) is 0 Å². The number of methoxy groups -OCH3 is 2. The first kappa shape index (κ1) is 14.5. The molecule has 110 valence electrons. The van der Waals surface area contributed by atoms with Gasteiger partial charge in [-0.2, -0.15) is 15.2 Å². The summed E-state index contributed by atoms with van der Waals surface area (Å²) in [5, 5.41) is 10.0. The van der Waals surface area contributed by atoms with Crippen molar-refractivity contribution in [3.63, 3.8) is 0 Å². The van der Waals surface area contributed by atoms with E-state index in [0.717, 1.165) is 5.56 Å². The smallest absolute Gasteiger partial charge is 0.363 e. The first-order chi connectivity index (χ1) is 10.1. The van der Waals surface area contributed by atoms with Crippen LogP contribution in [0.5, 0.6) is 11.5 Å². The Bertz CT molecular complexity index is 711. The number of H-pyrrole nitrogens is 1. The molecular weight excluding hydrogens is 274 g/mol. The normalized spacial score (nSPS) is 10.6. The molecule has 8 nitrogen and oxygen atoms in total. The van der Waals surface area contributed by atoms with E-state index < -0.39 is 5.69 Å². The summed E-state index contributed by atoms with van der Waals surface area (Å²) >= 11 is 0. The maximum Gasteiger partial charge on any atom is 0.363 e. The van der Waals surface area contributed by atoms with Crippen molar-refractivity contribution in [2.24, 2.45) is 5.10 Å². The maximum atomic E-state index is 11.1. The van der Waals surface area contributed by atoms with Gasteiger partial charge in [0.1, 0.15) is 17.2 Å². The predicted octanol–water partition coefficient (Wildman–Crippen LogP) is 0.937. The SMILES string of the molecule is COc1ccc(/C=N\Nc2nc(=O)[nH]nc2C)c(OC)c1. The molecule has 0 spiro atoms. The first-order valence-corrected chi connectivity index (χ1v) is 6.08. The van der Waals surface area contributed by atoms with Crippen molar-refractivity contribution in [1.82, 2.24) is 15.2 Å². The van der Waals surface area contributed by atoms with Crippen LogP contribution in [0.25, 0.3) is 0 Å². The third-order valence-corrected chi connectivity index (χ3v) is 2.69. The molecule has 0 radical (unpaired) electrons. The summed E-state index contributed by atoms with van der Waals surface area (Å²) in [6.45, 7) is 1.70. The van der Waals surface area contributed by atoms with Crippen molar-refractivity contribution in [3.05, 3.63) is 39.9 Å². The second-order valence-electron chi connectivity index (χ2n) is 4.05. The highest BCUT2D eigenvalue weighted by molar-refractivity contribution is 5.84. The maximum absolute atomic E-state index is 11.1. The largest absolute Gasteiger partial charge is 0.497 e. The molecule has 0 aliphatic carbocycles. The highest BCUT2D eigenvalue weighted by Gasteiger charge is 2.03. The molecule has 1 aromatic carbocycles. The fourth-order valence-corrected chi connectivity index (χ4v) is 1.59. The van der Waals surface area contributed by atoms with Crippen molar-refractivity contribution in [2.45, 2.75) is 6.92 Å². The Morgan fingerprint density at radius 2 is 2.14 bits per heavy atom. The van der Waals surface area contributed by atoms with E-state index in [1.807, 2.05) is 0 Å². The highest BCUT2D eigenvalue weighted by atomic mass is 16.5. The van der Waals surface area contributed by atoms with Crippen LogP contribution in [0, 0.1) is 6.92 Å². The molecule has 0 bridgehead atoms. The number of hydrogen-bond donors (Lipinski definition) is 2. The monoisotopic (exact) mass is 289 g/mol. The minimum absolute atomic E-state index is 0.294. The lowest BCUT2D eigenvalue weighted by Crippen LogP contribution is -2.15. The van der Waals surface area contributed by atoms with E-state index in [2.05, 4.69) is 25.7 Å². The molecule has 2 N–H and O–H groups in total. The molecule has 0 saturated heterocycles. The third kappa shape index (κ3) is 3.56. The zero-order chi connectivity index (χ0) is 15.2. The molecule has 0 amide bonds. The molecule has 0 aliphatic rings. The van der Waals surface area contributed by atoms with E-state index in [9.17, 15) is 4.79 Å². The van der Waals surface area contributed by atoms with Crippen LogP contribution in [0.3, 0.4) is 0 Å². The van der Waals surface area contributed by atoms with E-state index in [1.54, 1.807) is 45.6 Å². The summed E-state index contributed by atoms with van der Waals surface area (Å²) in [4.78, 5) is 14.8. The minimum atomic E-state index is -0.541. The molecule has 2 aromatic rings. The number of aromatic amines is 1. The van der Waals surface area contributed by atoms with Gasteiger partial charge < -0.3 is 9.47 Å². The minimum Gasteiger partial charge on any atom is -0.497 e. The van der Waals surface area contributed by atoms with Crippen LogP contribution in [-0.2, 0) is 0 Å². The average molecular weight is 289 g/mol. The topological polar surface area (TPSA) is 101 Å². The van der Waals surface area contributed by atoms with Crippen LogP contribution >= 0.6 is 0 Å². The zero-order valence-corrected chi connectivity index (χ0v) is 11.9. The van der Waals surface area contributed by atoms with Gasteiger partial charge in [-0.15, -0.1) is 0 Å². The van der Waals surface area contributed by atoms with E-state index in [-0.39, 0.29) is 0 Å². The average Bonchev–Trinajstić information content (AvgIpc) is 2.50. The van der Waals surface area contributed by atoms with Crippen molar-refractivity contribution < 1.29 is 9.47 Å². The van der Waals surface area contributed by atoms with Crippen LogP contribution in [-0.4, -0.2) is 35.6 Å². The van der Waals surface area contributed by atoms with Gasteiger partial charge in [0.05, 0.1) is 20.4 Å². The molecule has 1 aromatic heterocycles. The van der Waals surface area contributed by atoms with Gasteiger partial charge in [0, 0.05) is 11.6 Å². The Morgan fingerprint density at radius 3 is 2.86 bits per heavy atom. The van der Waals surface area contributed by atoms with Gasteiger partial charge in [-0.1, -0.05) is 0 Å². The molecule has 1 heterocycles. The summed E-state index contributed by atoms with van der Waals surface area (Å²) in [5.74, 6) is 1.60. The fraction of sp³-hybridized carbons (Fsp3) is 0.231. The van der Waals surface area contributed by atoms with E-state index >= 15 is 0 Å². The van der Waals surface area contributed by atoms with E-state index in [0.29, 0.717) is 23.0 Å². The molecule has 0 aliphatic heterocycles. The lowest BCUT2D eigenvalue weighted by molar-refractivity contribution is 0.394. The Hall–Kier alpha value is -2.90. The molecule has 0 saturated carbocycles. The van der Waals surface area contributed by atoms with Crippen molar-refractivity contribution in [2.75, 3.05) is 19.6 Å². The number of aromatic nitrogens is 3. The van der Waals surface area contributed by atoms with Crippen molar-refractivity contribution in [3.8, 4) is 11.5 Å². The van der Waals surface area contributed by atoms with Crippen LogP contribution in [0.4, 0.5) is 5.82 Å². The predicted molar refractivity (Wildman–Crippen MR) is 78.2 cm³/mol. The molecule has 0 unspecified atom stereocenters. The van der Waals surface area contributed by atoms with Gasteiger partial charge in [0.15, 0.2) is 5.82 Å². The van der Waals surface area contributed by atoms with Crippen LogP contribution in [0.15, 0.2) is 28.1 Å². The lowest BCUT2D eigenvalue weighted by Gasteiger charge is -2.07. The van der Waals surface area contributed by atoms with Crippen LogP contribution in [0.1, 0.15) is 11.3 Å². The van der Waals surface area contributed by atoms with Gasteiger partial charge >= 0.3 is 5.69 Å². The van der Waals surface area contributed by atoms with Crippen molar-refractivity contribution in [1.29, 1.82) is 0 Å². The quantitative estimate of drug-likeness (QED) is 0.627. The van der Waals surface area contributed by atoms with E-state index in [4.69, 9.17) is 9.47 Å². The first-order valence-electron chi connectivity index (χ1n) is 6.08. The number of nitrogens with zero attached hydrogens (tertiary/aromatic N) is 3. The summed E-state index contributed by atoms with van der Waals surface area (Å²) < 4.78 is 10.4. The molecular formula is C13H15N5O3. The van der Waals surface area contributed by atoms with Gasteiger partial charge in [0.2, 0.25) is 0 Å². The number of hydrazone groups is 1. The Balaban J connectivity index is 2.18. The summed E-state index contributed by atoms with van der Waals surface area (Å²) in [7, 11) is 3.14. The Morgan fingerprint density at radius 1 is 1.33 bits per heavy atom. The fourth-order valence-electron chi connectivity index (χ4n) is 1.59. The molecule has 2 rings (SSSR count). The summed E-state index contributed by atoms with van der Waals surface area (Å²) in [6, 6.07) is 5.35. The summed E-state index contributed by atoms with van der Waals surface area (Å²) in [6.07, 6.45) is 1.56. The second kappa shape index (κ2) is 6.51. The molecule has 8 heteroatoms. The number of rotatable bonds is 5. The molecule has 0 atom stereocenters. The lowest BCUT2D eigenvalue weighted by atomic mass is 10.2. The van der Waals surface area contributed by atoms with Gasteiger partial charge in [-0.05, 0) is 19.1 Å². The van der Waals surface area contributed by atoms with Gasteiger partial charge in [-0.3, -0.25) is 5.43 Å². The zero-order valence-electron chi connectivity index (χ0n) is 11.9. The number of hydrogen-bond acceptors (Lipinski definition) is 7. The van der Waals surface area contributed by atoms with Gasteiger partial charge in [-0.25, -0.2) is 9.89 Å². The van der Waals surface area contributed by atoms with Crippen LogP contribution < -0.4 is 20.6 Å². The number of nitrogens with one attached hydrogen (secondary N) is 2. The Labute approximate surface area is 120 Å². The number of ether oxygens (including phenoxy) is 2. The standard InChI is InChI=1S/C13H15N5O3/c1-8-12(15-13(19)18-16-8)17-14-7-9-4-5-10(20-2)6-11(9)21-3/h4-7H,1-3H3,(H2,15,17,18,19)/b14-7-. The number of anilines is 1. The molecule has 21 heavy (non-hydrogen) atoms. The third-order valence-electron chi connectivity index (χ3n) is 2.69. The van der Waals surface area contributed by atoms with Gasteiger partial charge in [0.25, 0.3) is 0 Å². The molecule has 0 fully saturated rings. The number of benzene rings is 1. The van der Waals surface area contributed by atoms with Crippen molar-refractivity contribution >= 4 is 12.0 Å². The second-order valence-corrected chi connectivity index (χ2v) is 4.05. The summed E-state index contributed by atoms with van der Waals surface area (Å²) in [5.41, 5.74) is 3.42. The number of aryl methyl sites for hydroxylation is 1. The Kier molecular flexibility index (Phi) is 4.50. The highest BCUT2D eigenvalue weighted by Crippen LogP contribution is 2.23. The van der Waals surface area contributed by atoms with Crippen LogP contribution in [0.2, 0.25) is 0 Å².